The molecule has 1 heterocycles. The van der Waals surface area contributed by atoms with Crippen molar-refractivity contribution < 1.29 is 23.8 Å². The number of ether oxygens (including phenoxy) is 3. The molecule has 1 aromatic rings. The summed E-state index contributed by atoms with van der Waals surface area (Å²) >= 11 is 0. The van der Waals surface area contributed by atoms with Gasteiger partial charge in [0, 0.05) is 30.5 Å². The number of hydrogen-bond donors (Lipinski definition) is 2. The van der Waals surface area contributed by atoms with E-state index >= 15 is 0 Å². The van der Waals surface area contributed by atoms with Crippen LogP contribution in [0.3, 0.4) is 0 Å². The highest BCUT2D eigenvalue weighted by atomic mass is 16.5. The maximum atomic E-state index is 12.2. The molecule has 2 N–H and O–H groups in total. The van der Waals surface area contributed by atoms with E-state index in [1.807, 2.05) is 0 Å². The normalized spacial score (nSPS) is 16.9. The molecule has 1 atom stereocenters. The molecule has 1 aliphatic rings. The number of benzene rings is 1. The first-order valence-electron chi connectivity index (χ1n) is 8.46. The SMILES string of the molecule is COc1cc(OC)cc(C(=O)N/N=C(/C)CC(=O)NC[C@@H]2CCCO2)c1. The Bertz CT molecular complexity index is 647. The summed E-state index contributed by atoms with van der Waals surface area (Å²) < 4.78 is 15.7. The van der Waals surface area contributed by atoms with Gasteiger partial charge in [0.25, 0.3) is 5.91 Å². The molecule has 1 saturated heterocycles. The highest BCUT2D eigenvalue weighted by Gasteiger charge is 2.16. The van der Waals surface area contributed by atoms with Gasteiger partial charge in [-0.3, -0.25) is 9.59 Å². The number of hydrogen-bond acceptors (Lipinski definition) is 6. The van der Waals surface area contributed by atoms with Crippen LogP contribution in [0.15, 0.2) is 23.3 Å². The third-order valence-electron chi connectivity index (χ3n) is 3.93. The zero-order valence-corrected chi connectivity index (χ0v) is 15.3. The second-order valence-corrected chi connectivity index (χ2v) is 6.01. The van der Waals surface area contributed by atoms with Gasteiger partial charge >= 0.3 is 0 Å². The van der Waals surface area contributed by atoms with E-state index in [9.17, 15) is 9.59 Å². The van der Waals surface area contributed by atoms with Gasteiger partial charge in [-0.15, -0.1) is 0 Å². The molecule has 0 unspecified atom stereocenters. The van der Waals surface area contributed by atoms with Crippen molar-refractivity contribution in [1.29, 1.82) is 0 Å². The first-order chi connectivity index (χ1) is 12.5. The van der Waals surface area contributed by atoms with Gasteiger partial charge in [-0.05, 0) is 31.9 Å². The van der Waals surface area contributed by atoms with Gasteiger partial charge < -0.3 is 19.5 Å². The lowest BCUT2D eigenvalue weighted by Gasteiger charge is -2.10. The molecule has 142 valence electrons. The van der Waals surface area contributed by atoms with Crippen molar-refractivity contribution in [1.82, 2.24) is 10.7 Å². The Kier molecular flexibility index (Phi) is 7.40. The molecule has 8 heteroatoms. The summed E-state index contributed by atoms with van der Waals surface area (Å²) in [5.41, 5.74) is 3.28. The van der Waals surface area contributed by atoms with Gasteiger partial charge in [0.1, 0.15) is 11.5 Å². The van der Waals surface area contributed by atoms with Crippen LogP contribution < -0.4 is 20.2 Å². The molecule has 0 aromatic heterocycles. The van der Waals surface area contributed by atoms with Crippen LogP contribution in [-0.4, -0.2) is 51.0 Å². The van der Waals surface area contributed by atoms with E-state index in [0.29, 0.717) is 29.3 Å². The van der Waals surface area contributed by atoms with Gasteiger partial charge in [-0.2, -0.15) is 5.10 Å². The third kappa shape index (κ3) is 6.03. The molecule has 2 amide bonds. The number of nitrogens with one attached hydrogen (secondary N) is 2. The summed E-state index contributed by atoms with van der Waals surface area (Å²) in [4.78, 5) is 24.1. The first kappa shape index (κ1) is 19.7. The molecule has 2 rings (SSSR count). The van der Waals surface area contributed by atoms with Crippen molar-refractivity contribution in [2.75, 3.05) is 27.4 Å². The van der Waals surface area contributed by atoms with E-state index in [4.69, 9.17) is 14.2 Å². The average Bonchev–Trinajstić information content (AvgIpc) is 3.17. The predicted molar refractivity (Wildman–Crippen MR) is 96.7 cm³/mol. The zero-order chi connectivity index (χ0) is 18.9. The first-order valence-corrected chi connectivity index (χ1v) is 8.46. The molecular formula is C18H25N3O5. The summed E-state index contributed by atoms with van der Waals surface area (Å²) in [6.07, 6.45) is 2.20. The molecule has 1 aliphatic heterocycles. The fraction of sp³-hybridized carbons (Fsp3) is 0.500. The van der Waals surface area contributed by atoms with Gasteiger partial charge in [-0.25, -0.2) is 5.43 Å². The van der Waals surface area contributed by atoms with Crippen LogP contribution in [0.5, 0.6) is 11.5 Å². The number of carbonyl (C=O) groups is 2. The summed E-state index contributed by atoms with van der Waals surface area (Å²) in [7, 11) is 3.02. The van der Waals surface area contributed by atoms with Crippen molar-refractivity contribution in [3.63, 3.8) is 0 Å². The highest BCUT2D eigenvalue weighted by Crippen LogP contribution is 2.22. The monoisotopic (exact) mass is 363 g/mol. The van der Waals surface area contributed by atoms with Crippen LogP contribution >= 0.6 is 0 Å². The number of carbonyl (C=O) groups excluding carboxylic acids is 2. The van der Waals surface area contributed by atoms with E-state index in [-0.39, 0.29) is 18.4 Å². The van der Waals surface area contributed by atoms with E-state index in [1.165, 1.54) is 14.2 Å². The molecule has 0 aliphatic carbocycles. The van der Waals surface area contributed by atoms with Gasteiger partial charge in [-0.1, -0.05) is 0 Å². The Morgan fingerprint density at radius 3 is 2.50 bits per heavy atom. The highest BCUT2D eigenvalue weighted by molar-refractivity contribution is 6.01. The summed E-state index contributed by atoms with van der Waals surface area (Å²) in [6, 6.07) is 4.83. The van der Waals surface area contributed by atoms with Crippen molar-refractivity contribution in [3.05, 3.63) is 23.8 Å². The lowest BCUT2D eigenvalue weighted by atomic mass is 10.2. The van der Waals surface area contributed by atoms with Crippen LogP contribution in [0.25, 0.3) is 0 Å². The van der Waals surface area contributed by atoms with Crippen molar-refractivity contribution >= 4 is 17.5 Å². The van der Waals surface area contributed by atoms with Crippen LogP contribution in [0, 0.1) is 0 Å². The van der Waals surface area contributed by atoms with Gasteiger partial charge in [0.15, 0.2) is 0 Å². The third-order valence-corrected chi connectivity index (χ3v) is 3.93. The van der Waals surface area contributed by atoms with E-state index in [1.54, 1.807) is 25.1 Å². The zero-order valence-electron chi connectivity index (χ0n) is 15.3. The van der Waals surface area contributed by atoms with Gasteiger partial charge in [0.05, 0.1) is 26.7 Å². The van der Waals surface area contributed by atoms with Crippen LogP contribution in [0.1, 0.15) is 36.5 Å². The quantitative estimate of drug-likeness (QED) is 0.539. The summed E-state index contributed by atoms with van der Waals surface area (Å²) in [5, 5.41) is 6.79. The molecular weight excluding hydrogens is 338 g/mol. The lowest BCUT2D eigenvalue weighted by Crippen LogP contribution is -2.33. The van der Waals surface area contributed by atoms with Crippen molar-refractivity contribution in [3.8, 4) is 11.5 Å². The maximum absolute atomic E-state index is 12.2. The summed E-state index contributed by atoms with van der Waals surface area (Å²) in [5.74, 6) is 0.438. The number of amides is 2. The molecule has 0 spiro atoms. The molecule has 1 aromatic carbocycles. The molecule has 26 heavy (non-hydrogen) atoms. The Morgan fingerprint density at radius 1 is 1.23 bits per heavy atom. The number of rotatable bonds is 8. The molecule has 1 fully saturated rings. The Balaban J connectivity index is 1.85. The smallest absolute Gasteiger partial charge is 0.271 e. The second-order valence-electron chi connectivity index (χ2n) is 6.01. The van der Waals surface area contributed by atoms with Crippen LogP contribution in [0.2, 0.25) is 0 Å². The minimum atomic E-state index is -0.415. The largest absolute Gasteiger partial charge is 0.497 e. The Labute approximate surface area is 152 Å². The van der Waals surface area contributed by atoms with Crippen molar-refractivity contribution in [2.24, 2.45) is 5.10 Å². The van der Waals surface area contributed by atoms with E-state index in [0.717, 1.165) is 19.4 Å². The number of nitrogens with zero attached hydrogens (tertiary/aromatic N) is 1. The fourth-order valence-electron chi connectivity index (χ4n) is 2.52. The Morgan fingerprint density at radius 2 is 1.92 bits per heavy atom. The van der Waals surface area contributed by atoms with Crippen LogP contribution in [0.4, 0.5) is 0 Å². The second kappa shape index (κ2) is 9.76. The predicted octanol–water partition coefficient (Wildman–Crippen LogP) is 1.49. The molecule has 0 bridgehead atoms. The average molecular weight is 363 g/mol. The number of methoxy groups -OCH3 is 2. The minimum absolute atomic E-state index is 0.0962. The molecule has 8 nitrogen and oxygen atoms in total. The standard InChI is InChI=1S/C18H25N3O5/c1-12(7-17(22)19-11-14-5-4-6-26-14)20-21-18(23)13-8-15(24-2)10-16(9-13)25-3/h8-10,14H,4-7,11H2,1-3H3,(H,19,22)(H,21,23)/b20-12-/t14-/m0/s1. The molecule has 0 saturated carbocycles. The topological polar surface area (TPSA) is 98.3 Å². The lowest BCUT2D eigenvalue weighted by molar-refractivity contribution is -0.120. The van der Waals surface area contributed by atoms with Crippen LogP contribution in [-0.2, 0) is 9.53 Å². The maximum Gasteiger partial charge on any atom is 0.271 e. The van der Waals surface area contributed by atoms with Crippen molar-refractivity contribution in [2.45, 2.75) is 32.3 Å². The molecule has 0 radical (unpaired) electrons. The fourth-order valence-corrected chi connectivity index (χ4v) is 2.52. The number of hydrazone groups is 1. The Hall–Kier alpha value is -2.61. The van der Waals surface area contributed by atoms with E-state index < -0.39 is 5.91 Å². The van der Waals surface area contributed by atoms with Gasteiger partial charge in [0.2, 0.25) is 5.91 Å². The van der Waals surface area contributed by atoms with E-state index in [2.05, 4.69) is 15.8 Å². The minimum Gasteiger partial charge on any atom is -0.497 e. The summed E-state index contributed by atoms with van der Waals surface area (Å²) in [6.45, 7) is 2.93.